The van der Waals surface area contributed by atoms with Gasteiger partial charge in [-0.1, -0.05) is 329 Å². The molecule has 18 heteroatoms. The smallest absolute Gasteiger partial charge is 0.423 e. The van der Waals surface area contributed by atoms with Crippen LogP contribution < -0.4 is 36.1 Å². The molecular formula is C129H89BBrN6O6PY3-6. The van der Waals surface area contributed by atoms with Crippen LogP contribution in [0.5, 0.6) is 0 Å². The van der Waals surface area contributed by atoms with Gasteiger partial charge in [-0.15, -0.1) is 44.3 Å². The molecule has 701 valence electrons. The van der Waals surface area contributed by atoms with E-state index in [0.29, 0.717) is 5.56 Å². The molecule has 1 aromatic heterocycles. The van der Waals surface area contributed by atoms with Crippen LogP contribution in [0.2, 0.25) is 0 Å². The van der Waals surface area contributed by atoms with Crippen molar-refractivity contribution in [1.82, 2.24) is 4.98 Å². The van der Waals surface area contributed by atoms with Gasteiger partial charge < -0.3 is 29.7 Å². The number of nitrogens with one attached hydrogen (secondary N) is 1. The van der Waals surface area contributed by atoms with Crippen LogP contribution in [0, 0.1) is 56.6 Å². The first-order valence-electron chi connectivity index (χ1n) is 47.4. The van der Waals surface area contributed by atoms with E-state index in [2.05, 4.69) is 472 Å². The van der Waals surface area contributed by atoms with E-state index < -0.39 is 36.2 Å². The van der Waals surface area contributed by atoms with Gasteiger partial charge in [0.05, 0.1) is 49.4 Å². The summed E-state index contributed by atoms with van der Waals surface area (Å²) in [5.41, 5.74) is 24.7. The standard InChI is InChI=1S/C37H24N2O2.C37H24N2.C31H20BrN.C18H15P.C6H6BNO4.3Y/c40-39(41)34-23-10-7-20-31(34)27-14-13-17-29(26-27)37(28-15-3-1-4-16-28)32-21-8-11-24-35(32)38(30-18-5-2-6-19-30)36-25-12-9-22-33(36)37;1-3-13-26(14-4-1)37(27-23-24-34-30(25-27)29-17-7-10-20-33(29)38-34)31-18-8-11-21-35(31)39(28-15-5-2-6-16-28)36-22-12-9-19-32(36)37;32-25-15-11-14-24(22-25)31(23-12-3-1-4-13-23)27-18-7-9-20-29(27)33(26-16-5-2-6-17-26)30-21-10-8-19-28(30)31;1-4-10-16(11-5-1)19(17-12-6-2-7-13-17)18-14-8-3-9-15-18;9-7(10)5-3-1-2-4-6(5)8(11)12;;;/h1-15,18-26H;1-13,15-22,24-25,38H;1-12,15-22H;1-15H;1-4,9-10H;;;/q3*-2;;;;;. The molecular weight excluding hydrogens is 2120 g/mol. The van der Waals surface area contributed by atoms with Crippen molar-refractivity contribution in [3.63, 3.8) is 0 Å². The van der Waals surface area contributed by atoms with Gasteiger partial charge in [-0.2, -0.15) is 158 Å². The molecule has 0 saturated carbocycles. The fraction of sp³-hybridized carbons (Fsp3) is 0.0233. The van der Waals surface area contributed by atoms with E-state index in [4.69, 9.17) is 10.0 Å². The third-order valence-electron chi connectivity index (χ3n) is 26.8. The van der Waals surface area contributed by atoms with Crippen LogP contribution in [-0.2, 0) is 114 Å². The summed E-state index contributed by atoms with van der Waals surface area (Å²) in [4.78, 5) is 31.9. The molecule has 0 saturated heterocycles. The molecule has 3 aliphatic rings. The quantitative estimate of drug-likeness (QED) is 0.0282. The Morgan fingerprint density at radius 3 is 0.952 bits per heavy atom. The van der Waals surface area contributed by atoms with Crippen LogP contribution in [0.1, 0.15) is 66.8 Å². The Balaban J connectivity index is 0.000000126. The predicted octanol–water partition coefficient (Wildman–Crippen LogP) is 29.0. The minimum atomic E-state index is -1.80. The van der Waals surface area contributed by atoms with Crippen molar-refractivity contribution >= 4 is 137 Å². The van der Waals surface area contributed by atoms with Crippen molar-refractivity contribution in [3.8, 4) is 11.1 Å². The average molecular weight is 2210 g/mol. The van der Waals surface area contributed by atoms with Crippen LogP contribution in [0.15, 0.2) is 526 Å². The zero-order valence-electron chi connectivity index (χ0n) is 79.6. The minimum Gasteiger partial charge on any atom is -0.423 e. The summed E-state index contributed by atoms with van der Waals surface area (Å²) in [6, 6.07) is 200. The number of nitro groups is 2. The number of benzene rings is 21. The minimum absolute atomic E-state index is 0. The van der Waals surface area contributed by atoms with Gasteiger partial charge in [-0.25, -0.2) is 0 Å². The molecule has 0 amide bonds. The third kappa shape index (κ3) is 19.9. The number of rotatable bonds is 16. The van der Waals surface area contributed by atoms with Gasteiger partial charge >= 0.3 is 7.12 Å². The molecule has 3 aliphatic heterocycles. The van der Waals surface area contributed by atoms with Gasteiger partial charge in [-0.05, 0) is 148 Å². The summed E-state index contributed by atoms with van der Waals surface area (Å²) in [5.74, 6) is 0. The maximum absolute atomic E-state index is 12.0. The number of halogens is 1. The Labute approximate surface area is 941 Å². The zero-order chi connectivity index (χ0) is 97.9. The molecule has 22 aromatic rings. The summed E-state index contributed by atoms with van der Waals surface area (Å²) in [6.45, 7) is 0. The Bertz CT molecular complexity index is 8100. The monoisotopic (exact) mass is 2210 g/mol. The van der Waals surface area contributed by atoms with Gasteiger partial charge in [-0.3, -0.25) is 20.2 Å². The second-order valence-corrected chi connectivity index (χ2v) is 37.9. The van der Waals surface area contributed by atoms with Gasteiger partial charge in [0.1, 0.15) is 0 Å². The van der Waals surface area contributed by atoms with E-state index in [1.165, 1.54) is 73.2 Å². The largest absolute Gasteiger partial charge is 0.495 e. The Morgan fingerprint density at radius 2 is 0.592 bits per heavy atom. The molecule has 21 aromatic carbocycles. The first-order valence-corrected chi connectivity index (χ1v) is 49.5. The number of para-hydroxylation sites is 12. The summed E-state index contributed by atoms with van der Waals surface area (Å²) >= 11 is 3.71. The Morgan fingerprint density at radius 1 is 0.286 bits per heavy atom. The van der Waals surface area contributed by atoms with E-state index in [-0.39, 0.29) is 120 Å². The van der Waals surface area contributed by atoms with Crippen LogP contribution in [-0.4, -0.2) is 32.0 Å². The summed E-state index contributed by atoms with van der Waals surface area (Å²) in [6.07, 6.45) is 0. The van der Waals surface area contributed by atoms with Crippen LogP contribution >= 0.6 is 23.9 Å². The molecule has 0 aliphatic carbocycles. The van der Waals surface area contributed by atoms with Crippen molar-refractivity contribution in [2.75, 3.05) is 14.7 Å². The van der Waals surface area contributed by atoms with E-state index in [1.807, 2.05) is 78.9 Å². The van der Waals surface area contributed by atoms with Crippen LogP contribution in [0.25, 0.3) is 32.9 Å². The van der Waals surface area contributed by atoms with Crippen molar-refractivity contribution in [3.05, 3.63) is 650 Å². The number of H-pyrrole nitrogens is 1. The molecule has 0 bridgehead atoms. The maximum atomic E-state index is 12.0. The fourth-order valence-corrected chi connectivity index (χ4v) is 23.5. The number of aromatic nitrogens is 1. The second-order valence-electron chi connectivity index (χ2n) is 34.8. The third-order valence-corrected chi connectivity index (χ3v) is 29.7. The molecule has 3 radical (unpaired) electrons. The molecule has 0 unspecified atom stereocenters. The van der Waals surface area contributed by atoms with E-state index in [9.17, 15) is 20.2 Å². The van der Waals surface area contributed by atoms with Gasteiger partial charge in [0, 0.05) is 155 Å². The Hall–Kier alpha value is -14.2. The molecule has 12 nitrogen and oxygen atoms in total. The number of nitro benzene ring substituents is 2. The van der Waals surface area contributed by atoms with E-state index in [0.717, 1.165) is 117 Å². The number of aromatic amines is 1. The SMILES string of the molecule is Brc1cc[c-]c(C2(c3[c-]cccc3)c3ccccc3N(c3ccccc3)c3ccccc32)c1.O=[N+]([O-])c1ccccc1-c1cc[c-]c(C2(c3[c-]cccc3)c3ccccc3N(c3ccccc3)c3ccccc32)c1.O=[N+]([O-])c1ccccc1B(O)O.[Y].[Y].[Y].[c-]1ccccc1C1(c2[c-]cc3[nH]c4ccccc4c3c2)c2ccccc2N(c2ccccc2)c2ccccc21.c1ccc(P(c2ccccc2)c2ccccc2)cc1. The number of hydrogen-bond acceptors (Lipinski definition) is 9. The number of hydrogen-bond donors (Lipinski definition) is 3. The molecule has 147 heavy (non-hydrogen) atoms. The Kier molecular flexibility index (Phi) is 32.7. The van der Waals surface area contributed by atoms with Crippen LogP contribution in [0.3, 0.4) is 0 Å². The van der Waals surface area contributed by atoms with Crippen molar-refractivity contribution in [2.24, 2.45) is 0 Å². The van der Waals surface area contributed by atoms with Gasteiger partial charge in [0.15, 0.2) is 0 Å². The van der Waals surface area contributed by atoms with Crippen molar-refractivity contribution < 1.29 is 118 Å². The van der Waals surface area contributed by atoms with Crippen molar-refractivity contribution in [2.45, 2.75) is 16.2 Å². The average Bonchev–Trinajstić information content (AvgIpc) is 1.32. The van der Waals surface area contributed by atoms with Gasteiger partial charge in [0.25, 0.3) is 11.4 Å². The van der Waals surface area contributed by atoms with Crippen molar-refractivity contribution in [1.29, 1.82) is 0 Å². The fourth-order valence-electron chi connectivity index (χ4n) is 20.8. The molecule has 0 spiro atoms. The molecule has 4 heterocycles. The number of anilines is 9. The predicted molar refractivity (Wildman–Crippen MR) is 589 cm³/mol. The first kappa shape index (κ1) is 103. The number of fused-ring (bicyclic) bond motifs is 9. The molecule has 0 atom stereocenters. The van der Waals surface area contributed by atoms with Gasteiger partial charge in [0.2, 0.25) is 0 Å². The molecule has 25 rings (SSSR count). The zero-order valence-corrected chi connectivity index (χ0v) is 90.5. The van der Waals surface area contributed by atoms with Crippen LogP contribution in [0.4, 0.5) is 62.6 Å². The summed E-state index contributed by atoms with van der Waals surface area (Å²) < 4.78 is 1.03. The summed E-state index contributed by atoms with van der Waals surface area (Å²) in [7, 11) is -2.25. The van der Waals surface area contributed by atoms with E-state index >= 15 is 0 Å². The molecule has 3 N–H and O–H groups in total. The number of nitrogens with zero attached hydrogens (tertiary/aromatic N) is 5. The second kappa shape index (κ2) is 46.7. The topological polar surface area (TPSA) is 152 Å². The first-order chi connectivity index (χ1) is 70.9. The maximum Gasteiger partial charge on any atom is 0.495 e. The summed E-state index contributed by atoms with van der Waals surface area (Å²) in [5, 5.41) is 46.3. The normalized spacial score (nSPS) is 12.6. The molecule has 0 fully saturated rings. The van der Waals surface area contributed by atoms with E-state index in [1.54, 1.807) is 18.2 Å².